The summed E-state index contributed by atoms with van der Waals surface area (Å²) in [6.45, 7) is 4.73. The van der Waals surface area contributed by atoms with E-state index in [4.69, 9.17) is 8.83 Å². The maximum atomic E-state index is 6.46. The third kappa shape index (κ3) is 12.4. The van der Waals surface area contributed by atoms with Gasteiger partial charge in [0.15, 0.2) is 0 Å². The first kappa shape index (κ1) is 76.5. The highest BCUT2D eigenvalue weighted by molar-refractivity contribution is 7.27. The number of anilines is 6. The molecule has 4 heterocycles. The number of rotatable bonds is 14. The van der Waals surface area contributed by atoms with Crippen molar-refractivity contribution in [1.82, 2.24) is 0 Å². The van der Waals surface area contributed by atoms with Gasteiger partial charge in [0.25, 0.3) is 0 Å². The van der Waals surface area contributed by atoms with E-state index in [-0.39, 0.29) is 5.41 Å². The zero-order chi connectivity index (χ0) is 86.1. The van der Waals surface area contributed by atoms with E-state index in [0.29, 0.717) is 0 Å². The molecule has 0 amide bonds. The lowest BCUT2D eigenvalue weighted by Crippen LogP contribution is -2.28. The fraction of sp³-hybridized carbons (Fsp3) is 0.0323. The van der Waals surface area contributed by atoms with Gasteiger partial charge < -0.3 is 18.6 Å². The predicted octanol–water partition coefficient (Wildman–Crippen LogP) is 35.5. The standard InChI is InChI=1S/C67H43NOS.C57H39NOS/c1-4-16-44(17-5-1)45-30-36-50(37-31-45)68(51-38-32-46(33-39-51)53-24-14-26-56-55-22-11-13-29-62(55)69-64(53)56)52-40-34-47(35-41-52)54-25-15-27-57-58-42-43-61-63(66(58)70-65(54)57)59-23-10-12-28-60(59)67(61,48-18-6-2-7-19-48)49-20-8-3-9-21-49;1-57(2)50-20-8-6-15-49(50)53-51(57)35-34-48-47-19-11-17-44(55(47)60-56(48)53)39-26-32-42(33-27-39)58(40-28-22-37(23-29-40)36-12-4-3-5-13-36)41-30-24-38(25-31-41)43-16-10-18-46-45-14-7-9-21-52(45)59-54(43)46/h1-43H;3-35H,1-2H3. The average Bonchev–Trinajstić information content (AvgIpc) is 1.52. The topological polar surface area (TPSA) is 32.8 Å². The lowest BCUT2D eigenvalue weighted by atomic mass is 9.68. The fourth-order valence-corrected chi connectivity index (χ4v) is 23.9. The Morgan fingerprint density at radius 3 is 0.892 bits per heavy atom. The molecule has 0 saturated carbocycles. The van der Waals surface area contributed by atoms with Crippen molar-refractivity contribution in [3.05, 3.63) is 494 Å². The number of nitrogens with zero attached hydrogens (tertiary/aromatic N) is 2. The van der Waals surface area contributed by atoms with E-state index < -0.39 is 5.41 Å². The maximum Gasteiger partial charge on any atom is 0.143 e. The van der Waals surface area contributed by atoms with Crippen molar-refractivity contribution >= 4 is 141 Å². The smallest absolute Gasteiger partial charge is 0.143 e. The zero-order valence-corrected chi connectivity index (χ0v) is 73.0. The molecule has 24 aromatic rings. The number of para-hydroxylation sites is 4. The first-order valence-electron chi connectivity index (χ1n) is 44.7. The number of thiophene rings is 2. The minimum atomic E-state index is -0.436. The molecule has 0 saturated heterocycles. The molecule has 0 radical (unpaired) electrons. The van der Waals surface area contributed by atoms with Crippen LogP contribution in [0.25, 0.3) is 173 Å². The van der Waals surface area contributed by atoms with Crippen LogP contribution in [0.2, 0.25) is 0 Å². The Balaban J connectivity index is 0.000000142. The Labute approximate surface area is 762 Å². The first-order valence-corrected chi connectivity index (χ1v) is 46.3. The summed E-state index contributed by atoms with van der Waals surface area (Å²) in [5, 5.41) is 9.79. The summed E-state index contributed by atoms with van der Waals surface area (Å²) < 4.78 is 18.2. The van der Waals surface area contributed by atoms with Gasteiger partial charge in [-0.3, -0.25) is 0 Å². The average molecular weight is 1700 g/mol. The van der Waals surface area contributed by atoms with E-state index in [2.05, 4.69) is 460 Å². The van der Waals surface area contributed by atoms with E-state index in [1.165, 1.54) is 140 Å². The van der Waals surface area contributed by atoms with Crippen LogP contribution in [0.4, 0.5) is 34.1 Å². The van der Waals surface area contributed by atoms with Crippen LogP contribution in [0.15, 0.2) is 470 Å². The molecule has 0 unspecified atom stereocenters. The molecule has 0 spiro atoms. The van der Waals surface area contributed by atoms with Gasteiger partial charge in [0.2, 0.25) is 0 Å². The molecular formula is C124H82N2O2S2. The van der Waals surface area contributed by atoms with Gasteiger partial charge in [0, 0.05) is 124 Å². The van der Waals surface area contributed by atoms with Gasteiger partial charge in [-0.05, 0) is 185 Å². The van der Waals surface area contributed by atoms with Crippen molar-refractivity contribution < 1.29 is 8.83 Å². The predicted molar refractivity (Wildman–Crippen MR) is 550 cm³/mol. The summed E-state index contributed by atoms with van der Waals surface area (Å²) in [4.78, 5) is 4.71. The number of hydrogen-bond acceptors (Lipinski definition) is 6. The minimum Gasteiger partial charge on any atom is -0.455 e. The van der Waals surface area contributed by atoms with Crippen molar-refractivity contribution in [3.63, 3.8) is 0 Å². The van der Waals surface area contributed by atoms with E-state index >= 15 is 0 Å². The molecule has 20 aromatic carbocycles. The fourth-order valence-electron chi connectivity index (χ4n) is 21.1. The second-order valence-corrected chi connectivity index (χ2v) is 36.8. The van der Waals surface area contributed by atoms with Gasteiger partial charge in [-0.25, -0.2) is 0 Å². The first-order chi connectivity index (χ1) is 64.2. The summed E-state index contributed by atoms with van der Waals surface area (Å²) in [5.74, 6) is 0. The van der Waals surface area contributed by atoms with Gasteiger partial charge >= 0.3 is 0 Å². The molecule has 2 aliphatic rings. The van der Waals surface area contributed by atoms with Crippen molar-refractivity contribution in [2.45, 2.75) is 24.7 Å². The molecule has 612 valence electrons. The van der Waals surface area contributed by atoms with E-state index in [0.717, 1.165) is 100 Å². The summed E-state index contributed by atoms with van der Waals surface area (Å²) in [5.41, 5.74) is 37.3. The summed E-state index contributed by atoms with van der Waals surface area (Å²) in [7, 11) is 0. The second-order valence-electron chi connectivity index (χ2n) is 34.7. The molecule has 0 N–H and O–H groups in total. The molecule has 4 nitrogen and oxygen atoms in total. The molecule has 26 rings (SSSR count). The molecule has 0 bridgehead atoms. The van der Waals surface area contributed by atoms with Crippen LogP contribution in [-0.4, -0.2) is 0 Å². The Bertz CT molecular complexity index is 8470. The van der Waals surface area contributed by atoms with Crippen LogP contribution in [0, 0.1) is 0 Å². The third-order valence-electron chi connectivity index (χ3n) is 27.3. The van der Waals surface area contributed by atoms with Crippen LogP contribution in [0.5, 0.6) is 0 Å². The largest absolute Gasteiger partial charge is 0.455 e. The normalized spacial score (nSPS) is 12.8. The van der Waals surface area contributed by atoms with Crippen molar-refractivity contribution in [1.29, 1.82) is 0 Å². The maximum absolute atomic E-state index is 6.46. The number of fused-ring (bicyclic) bond motifs is 20. The molecule has 0 atom stereocenters. The Morgan fingerprint density at radius 1 is 0.192 bits per heavy atom. The third-order valence-corrected chi connectivity index (χ3v) is 29.9. The molecule has 0 fully saturated rings. The zero-order valence-electron chi connectivity index (χ0n) is 71.4. The van der Waals surface area contributed by atoms with Gasteiger partial charge in [0.1, 0.15) is 22.3 Å². The minimum absolute atomic E-state index is 0.0222. The highest BCUT2D eigenvalue weighted by atomic mass is 32.1. The van der Waals surface area contributed by atoms with Gasteiger partial charge in [0.05, 0.1) is 5.41 Å². The molecule has 4 aromatic heterocycles. The van der Waals surface area contributed by atoms with E-state index in [1.807, 2.05) is 46.9 Å². The SMILES string of the molecule is CC1(C)c2ccccc2-c2c1ccc1c2sc2c(-c3ccc(N(c4ccc(-c5ccccc5)cc4)c4ccc(-c5cccc6c5oc5ccccc56)cc4)cc3)cccc21.c1ccc(-c2ccc(N(c3ccc(-c4cccc5c4oc4ccccc45)cc3)c3ccc(-c4cccc5c4sc4c6c(ccc45)C(c4ccccc4)(c4ccccc4)c4ccccc4-6)cc3)cc2)cc1. The van der Waals surface area contributed by atoms with Gasteiger partial charge in [-0.1, -0.05) is 390 Å². The van der Waals surface area contributed by atoms with Crippen molar-refractivity contribution in [2.24, 2.45) is 0 Å². The van der Waals surface area contributed by atoms with Crippen LogP contribution >= 0.6 is 22.7 Å². The van der Waals surface area contributed by atoms with Gasteiger partial charge in [-0.2, -0.15) is 0 Å². The van der Waals surface area contributed by atoms with Gasteiger partial charge in [-0.15, -0.1) is 22.7 Å². The van der Waals surface area contributed by atoms with Crippen LogP contribution in [0.1, 0.15) is 47.2 Å². The summed E-state index contributed by atoms with van der Waals surface area (Å²) in [6, 6.07) is 168. The number of hydrogen-bond donors (Lipinski definition) is 0. The molecule has 6 heteroatoms. The Kier molecular flexibility index (Phi) is 18.2. The molecule has 130 heavy (non-hydrogen) atoms. The highest BCUT2D eigenvalue weighted by Gasteiger charge is 2.47. The monoisotopic (exact) mass is 1690 g/mol. The van der Waals surface area contributed by atoms with Crippen molar-refractivity contribution in [3.8, 4) is 89.0 Å². The van der Waals surface area contributed by atoms with E-state index in [1.54, 1.807) is 0 Å². The van der Waals surface area contributed by atoms with E-state index in [9.17, 15) is 0 Å². The summed E-state index contributed by atoms with van der Waals surface area (Å²) in [6.07, 6.45) is 0. The van der Waals surface area contributed by atoms with Crippen LogP contribution < -0.4 is 9.80 Å². The van der Waals surface area contributed by atoms with Crippen LogP contribution in [0.3, 0.4) is 0 Å². The Hall–Kier alpha value is -16.0. The number of benzene rings is 20. The second kappa shape index (κ2) is 31.0. The molecular weight excluding hydrogens is 1610 g/mol. The van der Waals surface area contributed by atoms with Crippen LogP contribution in [-0.2, 0) is 10.8 Å². The number of furan rings is 2. The highest BCUT2D eigenvalue weighted by Crippen LogP contribution is 2.61. The quantitative estimate of drug-likeness (QED) is 0.109. The Morgan fingerprint density at radius 2 is 0.477 bits per heavy atom. The lowest BCUT2D eigenvalue weighted by molar-refractivity contribution is 0.661. The van der Waals surface area contributed by atoms with Crippen molar-refractivity contribution in [2.75, 3.05) is 9.80 Å². The molecule has 2 aliphatic carbocycles. The molecule has 0 aliphatic heterocycles. The summed E-state index contributed by atoms with van der Waals surface area (Å²) >= 11 is 3.87. The lowest BCUT2D eigenvalue weighted by Gasteiger charge is -2.33.